The summed E-state index contributed by atoms with van der Waals surface area (Å²) in [5, 5.41) is 0. The van der Waals surface area contributed by atoms with Gasteiger partial charge in [-0.15, -0.1) is 0 Å². The first-order valence-electron chi connectivity index (χ1n) is 3.18. The van der Waals surface area contributed by atoms with Crippen molar-refractivity contribution >= 4 is 0 Å². The summed E-state index contributed by atoms with van der Waals surface area (Å²) in [4.78, 5) is 2.31. The Bertz CT molecular complexity index is 124. The van der Waals surface area contributed by atoms with Crippen LogP contribution in [0.2, 0.25) is 0 Å². The van der Waals surface area contributed by atoms with Crippen LogP contribution < -0.4 is 5.73 Å². The first-order valence-corrected chi connectivity index (χ1v) is 3.18. The molecule has 2 heteroatoms. The molecule has 1 aliphatic carbocycles. The van der Waals surface area contributed by atoms with Crippen molar-refractivity contribution in [1.29, 1.82) is 0 Å². The molecule has 1 saturated carbocycles. The Labute approximate surface area is 49.7 Å². The fourth-order valence-electron chi connectivity index (χ4n) is 1.78. The summed E-state index contributed by atoms with van der Waals surface area (Å²) < 4.78 is 0. The molecule has 0 bridgehead atoms. The van der Waals surface area contributed by atoms with Crippen LogP contribution in [0.25, 0.3) is 0 Å². The van der Waals surface area contributed by atoms with Gasteiger partial charge in [0.05, 0.1) is 0 Å². The standard InChI is InChI=1S/C6H12N2/c1-8-3-5-2-6(5,7)4-8/h5H,2-4,7H2,1H3. The lowest BCUT2D eigenvalue weighted by Crippen LogP contribution is -2.30. The van der Waals surface area contributed by atoms with Crippen molar-refractivity contribution in [2.45, 2.75) is 12.0 Å². The minimum atomic E-state index is 0.259. The molecule has 1 heterocycles. The van der Waals surface area contributed by atoms with E-state index in [9.17, 15) is 0 Å². The Morgan fingerprint density at radius 3 is 2.75 bits per heavy atom. The Kier molecular flexibility index (Phi) is 0.649. The fraction of sp³-hybridized carbons (Fsp3) is 1.00. The number of fused-ring (bicyclic) bond motifs is 1. The normalized spacial score (nSPS) is 54.0. The highest BCUT2D eigenvalue weighted by Gasteiger charge is 2.56. The maximum Gasteiger partial charge on any atom is 0.0328 e. The molecule has 2 rings (SSSR count). The molecule has 1 saturated heterocycles. The molecule has 0 radical (unpaired) electrons. The minimum absolute atomic E-state index is 0.259. The molecule has 0 spiro atoms. The predicted molar refractivity (Wildman–Crippen MR) is 32.5 cm³/mol. The van der Waals surface area contributed by atoms with Gasteiger partial charge < -0.3 is 10.6 Å². The van der Waals surface area contributed by atoms with Crippen LogP contribution in [0.1, 0.15) is 6.42 Å². The first kappa shape index (κ1) is 4.77. The van der Waals surface area contributed by atoms with E-state index in [1.165, 1.54) is 13.0 Å². The number of nitrogens with zero attached hydrogens (tertiary/aromatic N) is 1. The third kappa shape index (κ3) is 0.446. The van der Waals surface area contributed by atoms with Crippen LogP contribution in [0, 0.1) is 5.92 Å². The Morgan fingerprint density at radius 1 is 1.75 bits per heavy atom. The van der Waals surface area contributed by atoms with Crippen molar-refractivity contribution in [1.82, 2.24) is 4.90 Å². The maximum absolute atomic E-state index is 5.90. The zero-order valence-corrected chi connectivity index (χ0v) is 5.22. The van der Waals surface area contributed by atoms with Gasteiger partial charge in [-0.3, -0.25) is 0 Å². The van der Waals surface area contributed by atoms with Crippen molar-refractivity contribution in [3.05, 3.63) is 0 Å². The van der Waals surface area contributed by atoms with Crippen molar-refractivity contribution in [3.63, 3.8) is 0 Å². The highest BCUT2D eigenvalue weighted by Crippen LogP contribution is 2.46. The average Bonchev–Trinajstić information content (AvgIpc) is 2.07. The van der Waals surface area contributed by atoms with Crippen LogP contribution in [0.4, 0.5) is 0 Å². The highest BCUT2D eigenvalue weighted by molar-refractivity contribution is 5.14. The average molecular weight is 112 g/mol. The van der Waals surface area contributed by atoms with E-state index in [1.807, 2.05) is 0 Å². The number of nitrogens with two attached hydrogens (primary N) is 1. The zero-order chi connectivity index (χ0) is 5.78. The van der Waals surface area contributed by atoms with Crippen molar-refractivity contribution in [2.75, 3.05) is 20.1 Å². The molecule has 2 nitrogen and oxygen atoms in total. The number of hydrogen-bond donors (Lipinski definition) is 1. The molecule has 2 unspecified atom stereocenters. The second kappa shape index (κ2) is 1.09. The molecule has 1 aliphatic heterocycles. The Morgan fingerprint density at radius 2 is 2.50 bits per heavy atom. The van der Waals surface area contributed by atoms with Crippen molar-refractivity contribution in [2.24, 2.45) is 11.7 Å². The summed E-state index contributed by atoms with van der Waals surface area (Å²) in [6.45, 7) is 2.36. The predicted octanol–water partition coefficient (Wildman–Crippen LogP) is -0.351. The number of likely N-dealkylation sites (N-methyl/N-ethyl adjacent to an activating group) is 1. The molecule has 2 aliphatic rings. The van der Waals surface area contributed by atoms with Gasteiger partial charge in [0.1, 0.15) is 0 Å². The maximum atomic E-state index is 5.90. The summed E-state index contributed by atoms with van der Waals surface area (Å²) in [7, 11) is 2.14. The smallest absolute Gasteiger partial charge is 0.0328 e. The topological polar surface area (TPSA) is 29.3 Å². The molecule has 0 aromatic rings. The molecule has 2 fully saturated rings. The molecular weight excluding hydrogens is 100 g/mol. The summed E-state index contributed by atoms with van der Waals surface area (Å²) in [5.74, 6) is 0.840. The van der Waals surface area contributed by atoms with Gasteiger partial charge in [0.15, 0.2) is 0 Å². The summed E-state index contributed by atoms with van der Waals surface area (Å²) in [6, 6.07) is 0. The minimum Gasteiger partial charge on any atom is -0.324 e. The van der Waals surface area contributed by atoms with Crippen LogP contribution in [0.5, 0.6) is 0 Å². The number of likely N-dealkylation sites (tertiary alicyclic amines) is 1. The monoisotopic (exact) mass is 112 g/mol. The lowest BCUT2D eigenvalue weighted by molar-refractivity contribution is 0.363. The van der Waals surface area contributed by atoms with Crippen LogP contribution in [0.3, 0.4) is 0 Å². The van der Waals surface area contributed by atoms with Gasteiger partial charge in [-0.05, 0) is 19.4 Å². The van der Waals surface area contributed by atoms with Crippen LogP contribution in [-0.2, 0) is 0 Å². The van der Waals surface area contributed by atoms with Gasteiger partial charge in [0.2, 0.25) is 0 Å². The molecule has 46 valence electrons. The van der Waals surface area contributed by atoms with E-state index >= 15 is 0 Å². The number of piperidine rings is 1. The number of hydrogen-bond acceptors (Lipinski definition) is 2. The van der Waals surface area contributed by atoms with Gasteiger partial charge in [0, 0.05) is 18.6 Å². The third-order valence-corrected chi connectivity index (χ3v) is 2.38. The highest BCUT2D eigenvalue weighted by atomic mass is 15.2. The van der Waals surface area contributed by atoms with Gasteiger partial charge in [-0.1, -0.05) is 0 Å². The van der Waals surface area contributed by atoms with Gasteiger partial charge in [-0.25, -0.2) is 0 Å². The van der Waals surface area contributed by atoms with E-state index in [0.717, 1.165) is 12.5 Å². The molecule has 2 atom stereocenters. The SMILES string of the molecule is CN1CC2CC2(N)C1. The molecular formula is C6H12N2. The summed E-state index contributed by atoms with van der Waals surface area (Å²) >= 11 is 0. The molecule has 0 amide bonds. The third-order valence-electron chi connectivity index (χ3n) is 2.38. The second-order valence-corrected chi connectivity index (χ2v) is 3.33. The van der Waals surface area contributed by atoms with Gasteiger partial charge >= 0.3 is 0 Å². The Balaban J connectivity index is 2.10. The number of rotatable bonds is 0. The molecule has 8 heavy (non-hydrogen) atoms. The molecule has 2 N–H and O–H groups in total. The second-order valence-electron chi connectivity index (χ2n) is 3.33. The van der Waals surface area contributed by atoms with E-state index in [0.29, 0.717) is 0 Å². The van der Waals surface area contributed by atoms with Gasteiger partial charge in [0.25, 0.3) is 0 Å². The van der Waals surface area contributed by atoms with Gasteiger partial charge in [-0.2, -0.15) is 0 Å². The lowest BCUT2D eigenvalue weighted by atomic mass is 10.3. The van der Waals surface area contributed by atoms with Crippen LogP contribution in [-0.4, -0.2) is 30.6 Å². The summed E-state index contributed by atoms with van der Waals surface area (Å²) in [5.41, 5.74) is 6.16. The van der Waals surface area contributed by atoms with E-state index in [1.54, 1.807) is 0 Å². The van der Waals surface area contributed by atoms with E-state index in [4.69, 9.17) is 5.73 Å². The summed E-state index contributed by atoms with van der Waals surface area (Å²) in [6.07, 6.45) is 1.28. The first-order chi connectivity index (χ1) is 3.71. The zero-order valence-electron chi connectivity index (χ0n) is 5.22. The largest absolute Gasteiger partial charge is 0.324 e. The fourth-order valence-corrected chi connectivity index (χ4v) is 1.78. The van der Waals surface area contributed by atoms with Crippen molar-refractivity contribution < 1.29 is 0 Å². The Hall–Kier alpha value is -0.0800. The molecule has 0 aromatic heterocycles. The van der Waals surface area contributed by atoms with E-state index in [2.05, 4.69) is 11.9 Å². The molecule has 0 aromatic carbocycles. The van der Waals surface area contributed by atoms with Crippen LogP contribution in [0.15, 0.2) is 0 Å². The van der Waals surface area contributed by atoms with E-state index in [-0.39, 0.29) is 5.54 Å². The lowest BCUT2D eigenvalue weighted by Gasteiger charge is -2.10. The van der Waals surface area contributed by atoms with Crippen molar-refractivity contribution in [3.8, 4) is 0 Å². The quantitative estimate of drug-likeness (QED) is 0.464. The van der Waals surface area contributed by atoms with Crippen LogP contribution >= 0.6 is 0 Å². The van der Waals surface area contributed by atoms with E-state index < -0.39 is 0 Å².